The number of aliphatic imine (C=N–C) groups is 1. The summed E-state index contributed by atoms with van der Waals surface area (Å²) in [5.74, 6) is 1.10. The van der Waals surface area contributed by atoms with Crippen LogP contribution in [0.25, 0.3) is 0 Å². The first kappa shape index (κ1) is 26.5. The van der Waals surface area contributed by atoms with Gasteiger partial charge in [0.1, 0.15) is 5.60 Å². The predicted molar refractivity (Wildman–Crippen MR) is 123 cm³/mol. The highest BCUT2D eigenvalue weighted by atomic mass is 16.6. The number of carbonyl (C=O) groups excluding carboxylic acids is 1. The van der Waals surface area contributed by atoms with E-state index in [1.165, 1.54) is 0 Å². The Bertz CT molecular complexity index is 513. The first-order valence-corrected chi connectivity index (χ1v) is 11.3. The molecule has 0 aromatic carbocycles. The topological polar surface area (TPSA) is 78.4 Å². The van der Waals surface area contributed by atoms with Gasteiger partial charge < -0.3 is 29.9 Å². The van der Waals surface area contributed by atoms with Crippen molar-refractivity contribution >= 4 is 12.1 Å². The number of methoxy groups -OCH3 is 1. The summed E-state index contributed by atoms with van der Waals surface area (Å²) < 4.78 is 10.6. The number of ether oxygens (including phenoxy) is 2. The van der Waals surface area contributed by atoms with E-state index in [4.69, 9.17) is 14.5 Å². The SMILES string of the molecule is CCNC(=NCC(C)CN(C)C(=O)OC(C)(C)C)NC1CCN(CCCOC)CC1. The summed E-state index contributed by atoms with van der Waals surface area (Å²) in [6.45, 7) is 16.1. The van der Waals surface area contributed by atoms with Crippen LogP contribution in [0.4, 0.5) is 4.79 Å². The summed E-state index contributed by atoms with van der Waals surface area (Å²) in [5.41, 5.74) is -0.478. The highest BCUT2D eigenvalue weighted by Gasteiger charge is 2.22. The Morgan fingerprint density at radius 2 is 1.97 bits per heavy atom. The number of likely N-dealkylation sites (tertiary alicyclic amines) is 1. The Kier molecular flexibility index (Phi) is 12.1. The van der Waals surface area contributed by atoms with Crippen molar-refractivity contribution in [1.29, 1.82) is 0 Å². The molecule has 0 aliphatic carbocycles. The molecule has 1 unspecified atom stereocenters. The minimum atomic E-state index is -0.478. The molecule has 1 saturated heterocycles. The van der Waals surface area contributed by atoms with E-state index in [0.29, 0.717) is 19.1 Å². The second kappa shape index (κ2) is 13.7. The zero-order valence-electron chi connectivity index (χ0n) is 20.3. The molecule has 2 N–H and O–H groups in total. The number of rotatable bonds is 10. The van der Waals surface area contributed by atoms with Crippen molar-refractivity contribution in [2.45, 2.75) is 65.5 Å². The fourth-order valence-electron chi connectivity index (χ4n) is 3.43. The Labute approximate surface area is 183 Å². The fraction of sp³-hybridized carbons (Fsp3) is 0.909. The number of nitrogens with one attached hydrogen (secondary N) is 2. The molecule has 8 heteroatoms. The van der Waals surface area contributed by atoms with Gasteiger partial charge in [0.15, 0.2) is 5.96 Å². The molecule has 0 radical (unpaired) electrons. The van der Waals surface area contributed by atoms with Gasteiger partial charge in [-0.05, 0) is 52.9 Å². The zero-order chi connectivity index (χ0) is 22.6. The lowest BCUT2D eigenvalue weighted by molar-refractivity contribution is 0.0279. The van der Waals surface area contributed by atoms with Crippen LogP contribution < -0.4 is 10.6 Å². The Morgan fingerprint density at radius 3 is 2.53 bits per heavy atom. The van der Waals surface area contributed by atoms with Crippen LogP contribution in [0.15, 0.2) is 4.99 Å². The second-order valence-electron chi connectivity index (χ2n) is 9.29. The van der Waals surface area contributed by atoms with Gasteiger partial charge in [-0.2, -0.15) is 0 Å². The highest BCUT2D eigenvalue weighted by Crippen LogP contribution is 2.12. The predicted octanol–water partition coefficient (Wildman–Crippen LogP) is 2.55. The first-order chi connectivity index (χ1) is 14.1. The maximum Gasteiger partial charge on any atom is 0.410 e. The number of carbonyl (C=O) groups is 1. The van der Waals surface area contributed by atoms with Gasteiger partial charge in [-0.1, -0.05) is 6.92 Å². The summed E-state index contributed by atoms with van der Waals surface area (Å²) in [6, 6.07) is 0.446. The normalized spacial score (nSPS) is 17.5. The maximum absolute atomic E-state index is 12.1. The van der Waals surface area contributed by atoms with Gasteiger partial charge >= 0.3 is 6.09 Å². The van der Waals surface area contributed by atoms with Crippen LogP contribution in [0.1, 0.15) is 53.9 Å². The lowest BCUT2D eigenvalue weighted by atomic mass is 10.1. The van der Waals surface area contributed by atoms with Gasteiger partial charge in [-0.3, -0.25) is 4.99 Å². The summed E-state index contributed by atoms with van der Waals surface area (Å²) in [5, 5.41) is 6.94. The number of hydrogen-bond acceptors (Lipinski definition) is 5. The van der Waals surface area contributed by atoms with Crippen LogP contribution in [-0.4, -0.2) is 93.5 Å². The summed E-state index contributed by atoms with van der Waals surface area (Å²) in [4.78, 5) is 21.0. The van der Waals surface area contributed by atoms with Crippen LogP contribution in [0.5, 0.6) is 0 Å². The van der Waals surface area contributed by atoms with Gasteiger partial charge in [0.05, 0.1) is 0 Å². The number of guanidine groups is 1. The molecular formula is C22H45N5O3. The van der Waals surface area contributed by atoms with Gasteiger partial charge in [-0.15, -0.1) is 0 Å². The van der Waals surface area contributed by atoms with Gasteiger partial charge in [-0.25, -0.2) is 4.79 Å². The molecule has 30 heavy (non-hydrogen) atoms. The molecule has 1 heterocycles. The maximum atomic E-state index is 12.1. The zero-order valence-corrected chi connectivity index (χ0v) is 20.3. The molecule has 1 amide bonds. The van der Waals surface area contributed by atoms with Crippen LogP contribution in [0, 0.1) is 5.92 Å². The minimum Gasteiger partial charge on any atom is -0.444 e. The van der Waals surface area contributed by atoms with E-state index >= 15 is 0 Å². The van der Waals surface area contributed by atoms with Crippen LogP contribution in [0.2, 0.25) is 0 Å². The minimum absolute atomic E-state index is 0.237. The summed E-state index contributed by atoms with van der Waals surface area (Å²) in [6.07, 6.45) is 3.04. The van der Waals surface area contributed by atoms with E-state index in [1.54, 1.807) is 19.1 Å². The van der Waals surface area contributed by atoms with E-state index < -0.39 is 5.60 Å². The second-order valence-corrected chi connectivity index (χ2v) is 9.29. The molecule has 0 spiro atoms. The Morgan fingerprint density at radius 1 is 1.30 bits per heavy atom. The molecule has 1 aliphatic rings. The lowest BCUT2D eigenvalue weighted by Gasteiger charge is -2.33. The Balaban J connectivity index is 2.43. The molecule has 0 aromatic heterocycles. The third kappa shape index (κ3) is 11.6. The molecule has 1 aliphatic heterocycles. The average molecular weight is 428 g/mol. The number of piperidine rings is 1. The monoisotopic (exact) mass is 427 g/mol. The van der Waals surface area contributed by atoms with Crippen molar-refractivity contribution in [1.82, 2.24) is 20.4 Å². The van der Waals surface area contributed by atoms with Crippen molar-refractivity contribution < 1.29 is 14.3 Å². The molecular weight excluding hydrogens is 382 g/mol. The van der Waals surface area contributed by atoms with E-state index in [2.05, 4.69) is 29.4 Å². The molecule has 0 bridgehead atoms. The van der Waals surface area contributed by atoms with Crippen LogP contribution in [-0.2, 0) is 9.47 Å². The number of amides is 1. The number of hydrogen-bond donors (Lipinski definition) is 2. The van der Waals surface area contributed by atoms with Crippen molar-refractivity contribution in [3.63, 3.8) is 0 Å². The van der Waals surface area contributed by atoms with Crippen LogP contribution >= 0.6 is 0 Å². The summed E-state index contributed by atoms with van der Waals surface area (Å²) >= 11 is 0. The third-order valence-corrected chi connectivity index (χ3v) is 4.95. The first-order valence-electron chi connectivity index (χ1n) is 11.3. The molecule has 176 valence electrons. The largest absolute Gasteiger partial charge is 0.444 e. The molecule has 8 nitrogen and oxygen atoms in total. The quantitative estimate of drug-likeness (QED) is 0.317. The third-order valence-electron chi connectivity index (χ3n) is 4.95. The standard InChI is InChI=1S/C22H45N5O3/c1-8-23-20(25-19-10-13-27(14-11-19)12-9-15-29-7)24-16-18(2)17-26(6)21(28)30-22(3,4)5/h18-19H,8-17H2,1-7H3,(H2,23,24,25). The van der Waals surface area contributed by atoms with Crippen molar-refractivity contribution in [2.24, 2.45) is 10.9 Å². The van der Waals surface area contributed by atoms with E-state index in [0.717, 1.165) is 58.0 Å². The van der Waals surface area contributed by atoms with Crippen molar-refractivity contribution in [3.8, 4) is 0 Å². The lowest BCUT2D eigenvalue weighted by Crippen LogP contribution is -2.49. The molecule has 1 atom stereocenters. The average Bonchev–Trinajstić information content (AvgIpc) is 2.66. The fourth-order valence-corrected chi connectivity index (χ4v) is 3.43. The van der Waals surface area contributed by atoms with Crippen molar-refractivity contribution in [3.05, 3.63) is 0 Å². The van der Waals surface area contributed by atoms with E-state index in [1.807, 2.05) is 20.8 Å². The molecule has 0 saturated carbocycles. The number of nitrogens with zero attached hydrogens (tertiary/aromatic N) is 3. The van der Waals surface area contributed by atoms with E-state index in [-0.39, 0.29) is 12.0 Å². The molecule has 1 rings (SSSR count). The smallest absolute Gasteiger partial charge is 0.410 e. The van der Waals surface area contributed by atoms with E-state index in [9.17, 15) is 4.79 Å². The Hall–Kier alpha value is -1.54. The van der Waals surface area contributed by atoms with Gasteiger partial charge in [0, 0.05) is 66.1 Å². The summed E-state index contributed by atoms with van der Waals surface area (Å²) in [7, 11) is 3.53. The highest BCUT2D eigenvalue weighted by molar-refractivity contribution is 5.80. The van der Waals surface area contributed by atoms with Crippen LogP contribution in [0.3, 0.4) is 0 Å². The molecule has 1 fully saturated rings. The van der Waals surface area contributed by atoms with Gasteiger partial charge in [0.25, 0.3) is 0 Å². The molecule has 0 aromatic rings. The van der Waals surface area contributed by atoms with Gasteiger partial charge in [0.2, 0.25) is 0 Å². The van der Waals surface area contributed by atoms with Crippen molar-refractivity contribution in [2.75, 3.05) is 60.0 Å².